The first-order valence-corrected chi connectivity index (χ1v) is 5.79. The van der Waals surface area contributed by atoms with E-state index in [-0.39, 0.29) is 17.3 Å². The second-order valence-corrected chi connectivity index (χ2v) is 4.19. The Hall–Kier alpha value is -2.91. The largest absolute Gasteiger partial charge is 0.471 e. The van der Waals surface area contributed by atoms with Gasteiger partial charge >= 0.3 is 12.1 Å². The fraction of sp³-hybridized carbons (Fsp3) is 0.167. The first-order valence-electron chi connectivity index (χ1n) is 5.79. The number of nitro groups is 1. The number of non-ortho nitro benzene ring substituents is 1. The fourth-order valence-corrected chi connectivity index (χ4v) is 1.54. The first-order chi connectivity index (χ1) is 10.2. The normalized spacial score (nSPS) is 11.3. The molecule has 0 bridgehead atoms. The van der Waals surface area contributed by atoms with Gasteiger partial charge in [0.15, 0.2) is 0 Å². The quantitative estimate of drug-likeness (QED) is 0.693. The number of hydrogen-bond donors (Lipinski definition) is 1. The number of nitrogens with zero attached hydrogens (tertiary/aromatic N) is 2. The maximum absolute atomic E-state index is 12.2. The van der Waals surface area contributed by atoms with E-state index in [1.54, 1.807) is 5.32 Å². The predicted molar refractivity (Wildman–Crippen MR) is 68.0 cm³/mol. The van der Waals surface area contributed by atoms with Gasteiger partial charge < -0.3 is 4.42 Å². The molecule has 22 heavy (non-hydrogen) atoms. The molecule has 0 aliphatic heterocycles. The topological polar surface area (TPSA) is 98.3 Å². The van der Waals surface area contributed by atoms with Gasteiger partial charge in [-0.2, -0.15) is 13.2 Å². The van der Waals surface area contributed by atoms with Crippen molar-refractivity contribution in [1.29, 1.82) is 0 Å². The minimum Gasteiger partial charge on any atom is -0.420 e. The zero-order valence-electron chi connectivity index (χ0n) is 11.0. The lowest BCUT2D eigenvalue weighted by Gasteiger charge is -2.05. The van der Waals surface area contributed by atoms with Crippen molar-refractivity contribution in [2.24, 2.45) is 0 Å². The summed E-state index contributed by atoms with van der Waals surface area (Å²) in [4.78, 5) is 24.7. The molecule has 2 aromatic rings. The van der Waals surface area contributed by atoms with Crippen LogP contribution in [-0.2, 0) is 4.79 Å². The van der Waals surface area contributed by atoms with E-state index in [0.717, 1.165) is 0 Å². The van der Waals surface area contributed by atoms with Crippen LogP contribution in [0.2, 0.25) is 0 Å². The molecule has 1 aromatic carbocycles. The number of nitrogens with one attached hydrogen (secondary N) is 1. The van der Waals surface area contributed by atoms with Gasteiger partial charge in [0.1, 0.15) is 5.69 Å². The molecule has 116 valence electrons. The molecule has 0 saturated carbocycles. The Balaban J connectivity index is 2.26. The van der Waals surface area contributed by atoms with Gasteiger partial charge in [-0.25, -0.2) is 4.98 Å². The van der Waals surface area contributed by atoms with Crippen molar-refractivity contribution in [1.82, 2.24) is 4.98 Å². The minimum absolute atomic E-state index is 0.0472. The Bertz CT molecular complexity index is 722. The highest BCUT2D eigenvalue weighted by molar-refractivity contribution is 5.94. The molecule has 0 aliphatic rings. The van der Waals surface area contributed by atoms with E-state index in [1.165, 1.54) is 31.2 Å². The summed E-state index contributed by atoms with van der Waals surface area (Å²) in [7, 11) is 0. The van der Waals surface area contributed by atoms with Gasteiger partial charge in [-0.3, -0.25) is 20.2 Å². The highest BCUT2D eigenvalue weighted by atomic mass is 19.4. The Morgan fingerprint density at radius 3 is 2.41 bits per heavy atom. The Labute approximate surface area is 120 Å². The van der Waals surface area contributed by atoms with Gasteiger partial charge in [0.25, 0.3) is 5.69 Å². The lowest BCUT2D eigenvalue weighted by Crippen LogP contribution is -2.30. The maximum Gasteiger partial charge on any atom is 0.471 e. The number of aryl methyl sites for hydroxylation is 1. The average Bonchev–Trinajstić information content (AvgIpc) is 2.79. The van der Waals surface area contributed by atoms with Gasteiger partial charge in [0.2, 0.25) is 11.8 Å². The molecule has 1 amide bonds. The first kappa shape index (κ1) is 15.5. The van der Waals surface area contributed by atoms with Gasteiger partial charge in [-0.05, 0) is 19.1 Å². The van der Waals surface area contributed by atoms with Crippen molar-refractivity contribution in [2.45, 2.75) is 13.1 Å². The molecule has 1 aromatic heterocycles. The number of anilines is 1. The third kappa shape index (κ3) is 3.22. The molecule has 0 radical (unpaired) electrons. The van der Waals surface area contributed by atoms with Crippen LogP contribution >= 0.6 is 0 Å². The lowest BCUT2D eigenvalue weighted by molar-refractivity contribution is -0.384. The maximum atomic E-state index is 12.2. The number of aromatic nitrogens is 1. The van der Waals surface area contributed by atoms with E-state index in [9.17, 15) is 28.1 Å². The van der Waals surface area contributed by atoms with Crippen LogP contribution in [0.5, 0.6) is 0 Å². The molecule has 0 aliphatic carbocycles. The SMILES string of the molecule is Cc1nc(-c2ccc([N+](=O)[O-])cc2)oc1NC(=O)C(F)(F)F. The highest BCUT2D eigenvalue weighted by Gasteiger charge is 2.39. The zero-order chi connectivity index (χ0) is 16.5. The fourth-order valence-electron chi connectivity index (χ4n) is 1.54. The number of carbonyl (C=O) groups is 1. The second kappa shape index (κ2) is 5.47. The molecule has 1 heterocycles. The monoisotopic (exact) mass is 315 g/mol. The Kier molecular flexibility index (Phi) is 3.85. The second-order valence-electron chi connectivity index (χ2n) is 4.19. The summed E-state index contributed by atoms with van der Waals surface area (Å²) in [6, 6.07) is 5.06. The zero-order valence-corrected chi connectivity index (χ0v) is 11.0. The van der Waals surface area contributed by atoms with E-state index in [2.05, 4.69) is 4.98 Å². The van der Waals surface area contributed by atoms with Crippen molar-refractivity contribution in [2.75, 3.05) is 5.32 Å². The summed E-state index contributed by atoms with van der Waals surface area (Å²) in [6.45, 7) is 1.35. The van der Waals surface area contributed by atoms with Crippen LogP contribution in [0, 0.1) is 17.0 Å². The van der Waals surface area contributed by atoms with Gasteiger partial charge in [-0.15, -0.1) is 0 Å². The van der Waals surface area contributed by atoms with E-state index in [0.29, 0.717) is 5.56 Å². The van der Waals surface area contributed by atoms with Crippen LogP contribution in [0.1, 0.15) is 5.69 Å². The highest BCUT2D eigenvalue weighted by Crippen LogP contribution is 2.28. The van der Waals surface area contributed by atoms with Crippen LogP contribution in [-0.4, -0.2) is 22.0 Å². The summed E-state index contributed by atoms with van der Waals surface area (Å²) in [5.41, 5.74) is 0.213. The number of carbonyl (C=O) groups excluding carboxylic acids is 1. The number of nitro benzene ring substituents is 1. The van der Waals surface area contributed by atoms with Crippen LogP contribution in [0.15, 0.2) is 28.7 Å². The predicted octanol–water partition coefficient (Wildman–Crippen LogP) is 3.06. The molecule has 0 unspecified atom stereocenters. The number of hydrogen-bond acceptors (Lipinski definition) is 5. The molecule has 7 nitrogen and oxygen atoms in total. The van der Waals surface area contributed by atoms with Crippen LogP contribution in [0.4, 0.5) is 24.7 Å². The van der Waals surface area contributed by atoms with Crippen LogP contribution in [0.25, 0.3) is 11.5 Å². The van der Waals surface area contributed by atoms with Crippen molar-refractivity contribution >= 4 is 17.5 Å². The molecule has 0 fully saturated rings. The smallest absolute Gasteiger partial charge is 0.420 e. The summed E-state index contributed by atoms with van der Waals surface area (Å²) >= 11 is 0. The molecule has 0 atom stereocenters. The standard InChI is InChI=1S/C12H8F3N3O4/c1-6-9(17-11(19)12(13,14)15)22-10(16-6)7-2-4-8(5-3-7)18(20)21/h2-5H,1H3,(H,17,19). The van der Waals surface area contributed by atoms with Crippen molar-refractivity contribution < 1.29 is 27.3 Å². The number of rotatable bonds is 3. The van der Waals surface area contributed by atoms with Gasteiger partial charge in [0, 0.05) is 17.7 Å². The molecule has 0 saturated heterocycles. The molecule has 10 heteroatoms. The Morgan fingerprint density at radius 2 is 1.91 bits per heavy atom. The van der Waals surface area contributed by atoms with E-state index >= 15 is 0 Å². The minimum atomic E-state index is -5.05. The number of oxazole rings is 1. The van der Waals surface area contributed by atoms with E-state index in [1.807, 2.05) is 0 Å². The van der Waals surface area contributed by atoms with Gasteiger partial charge in [-0.1, -0.05) is 0 Å². The van der Waals surface area contributed by atoms with Gasteiger partial charge in [0.05, 0.1) is 4.92 Å². The third-order valence-corrected chi connectivity index (χ3v) is 2.61. The molecule has 2 rings (SSSR count). The van der Waals surface area contributed by atoms with E-state index < -0.39 is 22.9 Å². The molecular formula is C12H8F3N3O4. The van der Waals surface area contributed by atoms with Crippen LogP contribution in [0.3, 0.4) is 0 Å². The van der Waals surface area contributed by atoms with Crippen molar-refractivity contribution in [3.63, 3.8) is 0 Å². The van der Waals surface area contributed by atoms with Crippen LogP contribution < -0.4 is 5.32 Å². The van der Waals surface area contributed by atoms with Crippen molar-refractivity contribution in [3.8, 4) is 11.5 Å². The summed E-state index contributed by atoms with van der Waals surface area (Å²) in [5.74, 6) is -2.68. The average molecular weight is 315 g/mol. The number of halogens is 3. The van der Waals surface area contributed by atoms with Crippen molar-refractivity contribution in [3.05, 3.63) is 40.1 Å². The van der Waals surface area contributed by atoms with E-state index in [4.69, 9.17) is 4.42 Å². The number of alkyl halides is 3. The Morgan fingerprint density at radius 1 is 1.32 bits per heavy atom. The summed E-state index contributed by atoms with van der Waals surface area (Å²) in [6.07, 6.45) is -5.05. The molecule has 1 N–H and O–H groups in total. The molecular weight excluding hydrogens is 307 g/mol. The number of benzene rings is 1. The summed E-state index contributed by atoms with van der Waals surface area (Å²) in [5, 5.41) is 12.1. The molecule has 0 spiro atoms. The lowest BCUT2D eigenvalue weighted by atomic mass is 10.2. The third-order valence-electron chi connectivity index (χ3n) is 2.61. The summed E-state index contributed by atoms with van der Waals surface area (Å²) < 4.78 is 41.6. The number of amides is 1.